The Morgan fingerprint density at radius 3 is 2.53 bits per heavy atom. The van der Waals surface area contributed by atoms with E-state index in [9.17, 15) is 9.59 Å². The largest absolute Gasteiger partial charge is 0.461 e. The van der Waals surface area contributed by atoms with Crippen molar-refractivity contribution in [2.75, 3.05) is 6.54 Å². The summed E-state index contributed by atoms with van der Waals surface area (Å²) in [4.78, 5) is 22.3. The van der Waals surface area contributed by atoms with Crippen LogP contribution in [0.15, 0.2) is 35.4 Å². The number of halogens is 1. The molecule has 0 saturated heterocycles. The van der Waals surface area contributed by atoms with Gasteiger partial charge in [0.05, 0.1) is 11.8 Å². The van der Waals surface area contributed by atoms with Gasteiger partial charge in [0.25, 0.3) is 0 Å². The molecule has 3 N–H and O–H groups in total. The molecule has 0 unspecified atom stereocenters. The summed E-state index contributed by atoms with van der Waals surface area (Å²) in [6.07, 6.45) is 1.82. The molecule has 1 radical (unpaired) electrons. The molecule has 0 saturated carbocycles. The van der Waals surface area contributed by atoms with Crippen LogP contribution in [-0.4, -0.2) is 38.2 Å². The fourth-order valence-electron chi connectivity index (χ4n) is 3.14. The van der Waals surface area contributed by atoms with Crippen molar-refractivity contribution in [3.8, 4) is 11.1 Å². The summed E-state index contributed by atoms with van der Waals surface area (Å²) in [7, 11) is 1.54. The lowest BCUT2D eigenvalue weighted by molar-refractivity contribution is -0.142. The summed E-state index contributed by atoms with van der Waals surface area (Å²) in [5.74, 6) is -0.936. The maximum atomic E-state index is 15.7. The van der Waals surface area contributed by atoms with Crippen molar-refractivity contribution in [2.24, 2.45) is 10.8 Å². The Bertz CT molecular complexity index is 1060. The van der Waals surface area contributed by atoms with Crippen LogP contribution in [0.2, 0.25) is 0 Å². The molecule has 7 nitrogen and oxygen atoms in total. The van der Waals surface area contributed by atoms with Gasteiger partial charge in [0.2, 0.25) is 6.41 Å². The Kier molecular flexibility index (Phi) is 9.12. The third kappa shape index (κ3) is 7.23. The number of nitrogens with two attached hydrogens (primary N) is 1. The second-order valence-corrected chi connectivity index (χ2v) is 9.53. The van der Waals surface area contributed by atoms with Gasteiger partial charge in [-0.3, -0.25) is 9.59 Å². The van der Waals surface area contributed by atoms with Gasteiger partial charge in [0.1, 0.15) is 12.4 Å². The highest BCUT2D eigenvalue weighted by atomic mass is 19.1. The average molecular weight is 468 g/mol. The van der Waals surface area contributed by atoms with Crippen LogP contribution in [0.5, 0.6) is 0 Å². The van der Waals surface area contributed by atoms with Gasteiger partial charge in [0, 0.05) is 24.6 Å². The number of benzene rings is 2. The molecule has 0 bridgehead atoms. The molecular formula is C25H32BFN3O4. The minimum atomic E-state index is -0.618. The van der Waals surface area contributed by atoms with Crippen molar-refractivity contribution in [1.29, 1.82) is 0 Å². The van der Waals surface area contributed by atoms with Gasteiger partial charge >= 0.3 is 13.5 Å². The standard InChI is InChI=1S/C25H32BFN3O4/c1-16(32)33-13-20-19(8-7-9-21(20)26-34-25(5,6)14-28)23-17(12-29-30-15-31)10-18(11-22(23)27)24(2,3)4/h7-12,15H,13-14,28H2,1-6H3,(H,30,31)/b29-12-. The summed E-state index contributed by atoms with van der Waals surface area (Å²) < 4.78 is 26.8. The first-order valence-electron chi connectivity index (χ1n) is 10.9. The van der Waals surface area contributed by atoms with Crippen molar-refractivity contribution in [1.82, 2.24) is 5.43 Å². The zero-order chi connectivity index (χ0) is 25.5. The highest BCUT2D eigenvalue weighted by Crippen LogP contribution is 2.33. The SMILES string of the molecule is CC(=O)OCc1c([B]OC(C)(C)CN)cccc1-c1c(F)cc(C(C)(C)C)cc1/C=N\NC=O. The topological polar surface area (TPSA) is 103 Å². The highest BCUT2D eigenvalue weighted by Gasteiger charge is 2.24. The molecule has 0 spiro atoms. The molecule has 0 aromatic heterocycles. The van der Waals surface area contributed by atoms with Crippen LogP contribution in [0.3, 0.4) is 0 Å². The first-order chi connectivity index (χ1) is 15.9. The summed E-state index contributed by atoms with van der Waals surface area (Å²) in [6.45, 7) is 11.1. The molecular weight excluding hydrogens is 436 g/mol. The molecule has 1 amide bonds. The Labute approximate surface area is 201 Å². The maximum absolute atomic E-state index is 15.7. The Balaban J connectivity index is 2.73. The number of esters is 1. The van der Waals surface area contributed by atoms with Crippen LogP contribution >= 0.6 is 0 Å². The second-order valence-electron chi connectivity index (χ2n) is 9.53. The van der Waals surface area contributed by atoms with E-state index < -0.39 is 17.4 Å². The lowest BCUT2D eigenvalue weighted by atomic mass is 9.78. The molecule has 0 fully saturated rings. The molecule has 34 heavy (non-hydrogen) atoms. The van der Waals surface area contributed by atoms with Crippen LogP contribution in [0, 0.1) is 5.82 Å². The van der Waals surface area contributed by atoms with Gasteiger partial charge in [-0.2, -0.15) is 5.10 Å². The van der Waals surface area contributed by atoms with Crippen LogP contribution in [-0.2, 0) is 31.0 Å². The van der Waals surface area contributed by atoms with E-state index in [2.05, 4.69) is 10.5 Å². The number of ether oxygens (including phenoxy) is 1. The highest BCUT2D eigenvalue weighted by molar-refractivity contribution is 6.48. The number of hydrogen-bond donors (Lipinski definition) is 2. The number of amides is 1. The van der Waals surface area contributed by atoms with E-state index in [0.717, 1.165) is 5.56 Å². The number of hydrazone groups is 1. The molecule has 2 rings (SSSR count). The molecule has 181 valence electrons. The lowest BCUT2D eigenvalue weighted by Crippen LogP contribution is -2.39. The number of nitrogens with one attached hydrogen (secondary N) is 1. The van der Waals surface area contributed by atoms with Crippen LogP contribution in [0.1, 0.15) is 58.2 Å². The van der Waals surface area contributed by atoms with E-state index in [4.69, 9.17) is 15.1 Å². The van der Waals surface area contributed by atoms with Crippen LogP contribution in [0.25, 0.3) is 11.1 Å². The van der Waals surface area contributed by atoms with Gasteiger partial charge in [-0.15, -0.1) is 0 Å². The van der Waals surface area contributed by atoms with Gasteiger partial charge < -0.3 is 15.1 Å². The number of carbonyl (C=O) groups is 2. The van der Waals surface area contributed by atoms with Gasteiger partial charge in [-0.1, -0.05) is 39.0 Å². The first-order valence-corrected chi connectivity index (χ1v) is 10.9. The van der Waals surface area contributed by atoms with E-state index in [1.54, 1.807) is 25.7 Å². The number of nitrogens with zero attached hydrogens (tertiary/aromatic N) is 1. The number of carbonyl (C=O) groups excluding carboxylic acids is 2. The summed E-state index contributed by atoms with van der Waals surface area (Å²) >= 11 is 0. The van der Waals surface area contributed by atoms with E-state index in [1.165, 1.54) is 19.2 Å². The molecule has 2 aromatic carbocycles. The van der Waals surface area contributed by atoms with Crippen molar-refractivity contribution < 1.29 is 23.4 Å². The maximum Gasteiger partial charge on any atom is 0.331 e. The van der Waals surface area contributed by atoms with Crippen molar-refractivity contribution in [3.05, 3.63) is 52.8 Å². The van der Waals surface area contributed by atoms with E-state index in [1.807, 2.05) is 40.7 Å². The molecule has 0 aliphatic heterocycles. The monoisotopic (exact) mass is 468 g/mol. The molecule has 9 heteroatoms. The summed E-state index contributed by atoms with van der Waals surface area (Å²) in [5, 5.41) is 3.88. The van der Waals surface area contributed by atoms with Crippen molar-refractivity contribution in [2.45, 2.75) is 59.2 Å². The predicted molar refractivity (Wildman–Crippen MR) is 132 cm³/mol. The van der Waals surface area contributed by atoms with E-state index >= 15 is 4.39 Å². The quantitative estimate of drug-likeness (QED) is 0.184. The normalized spacial score (nSPS) is 12.0. The Morgan fingerprint density at radius 2 is 1.94 bits per heavy atom. The second kappa shape index (κ2) is 11.4. The molecule has 0 atom stereocenters. The smallest absolute Gasteiger partial charge is 0.331 e. The third-order valence-corrected chi connectivity index (χ3v) is 5.22. The Morgan fingerprint density at radius 1 is 1.24 bits per heavy atom. The molecule has 0 aliphatic rings. The molecule has 0 aliphatic carbocycles. The fourth-order valence-corrected chi connectivity index (χ4v) is 3.14. The minimum Gasteiger partial charge on any atom is -0.461 e. The summed E-state index contributed by atoms with van der Waals surface area (Å²) in [5.41, 5.74) is 10.2. The zero-order valence-electron chi connectivity index (χ0n) is 20.6. The number of hydrogen-bond acceptors (Lipinski definition) is 6. The third-order valence-electron chi connectivity index (χ3n) is 5.22. The zero-order valence-corrected chi connectivity index (χ0v) is 20.6. The number of rotatable bonds is 10. The molecule has 0 heterocycles. The summed E-state index contributed by atoms with van der Waals surface area (Å²) in [6, 6.07) is 8.61. The first kappa shape index (κ1) is 27.2. The lowest BCUT2D eigenvalue weighted by Gasteiger charge is -2.25. The average Bonchev–Trinajstić information content (AvgIpc) is 2.76. The minimum absolute atomic E-state index is 0.0899. The van der Waals surface area contributed by atoms with Gasteiger partial charge in [-0.25, -0.2) is 9.82 Å². The predicted octanol–water partition coefficient (Wildman–Crippen LogP) is 2.93. The molecule has 2 aromatic rings. The van der Waals surface area contributed by atoms with Crippen LogP contribution < -0.4 is 16.6 Å². The Hall–Kier alpha value is -3.04. The van der Waals surface area contributed by atoms with E-state index in [0.29, 0.717) is 28.6 Å². The van der Waals surface area contributed by atoms with E-state index in [-0.39, 0.29) is 24.1 Å². The van der Waals surface area contributed by atoms with Crippen LogP contribution in [0.4, 0.5) is 4.39 Å². The fraction of sp³-hybridized carbons (Fsp3) is 0.400. The van der Waals surface area contributed by atoms with Gasteiger partial charge in [0.15, 0.2) is 0 Å². The van der Waals surface area contributed by atoms with Gasteiger partial charge in [-0.05, 0) is 53.5 Å². The van der Waals surface area contributed by atoms with Crippen molar-refractivity contribution >= 4 is 31.5 Å². The van der Waals surface area contributed by atoms with Crippen molar-refractivity contribution in [3.63, 3.8) is 0 Å².